The average molecular weight is 1560 g/mol. The van der Waals surface area contributed by atoms with Crippen LogP contribution in [0.5, 0.6) is 5.75 Å². The second-order valence-corrected chi connectivity index (χ2v) is 32.4. The fourth-order valence-electron chi connectivity index (χ4n) is 16.6. The highest BCUT2D eigenvalue weighted by Crippen LogP contribution is 2.40. The smallest absolute Gasteiger partial charge is 0.161 e. The van der Waals surface area contributed by atoms with Crippen LogP contribution in [-0.4, -0.2) is 189 Å². The predicted octanol–water partition coefficient (Wildman–Crippen LogP) is 12.7. The molecule has 8 aliphatic rings. The molecule has 4 bridgehead atoms. The summed E-state index contributed by atoms with van der Waals surface area (Å²) in [5, 5.41) is 31.3. The van der Waals surface area contributed by atoms with Crippen LogP contribution in [0.15, 0.2) is 165 Å². The number of aromatic amines is 3. The summed E-state index contributed by atoms with van der Waals surface area (Å²) in [6, 6.07) is 41.5. The van der Waals surface area contributed by atoms with Crippen molar-refractivity contribution in [2.45, 2.75) is 169 Å². The van der Waals surface area contributed by atoms with Crippen molar-refractivity contribution in [1.29, 1.82) is 0 Å². The maximum atomic E-state index is 6.11. The highest BCUT2D eigenvalue weighted by atomic mass is 16.5. The third-order valence-corrected chi connectivity index (χ3v) is 23.0. The molecule has 21 heterocycles. The van der Waals surface area contributed by atoms with E-state index in [0.29, 0.717) is 66.8 Å². The van der Waals surface area contributed by atoms with Crippen LogP contribution in [0.3, 0.4) is 0 Å². The molecule has 28 heteroatoms. The van der Waals surface area contributed by atoms with Crippen LogP contribution in [-0.2, 0) is 32.4 Å². The second-order valence-electron chi connectivity index (χ2n) is 32.4. The van der Waals surface area contributed by atoms with Crippen LogP contribution < -0.4 is 19.4 Å². The van der Waals surface area contributed by atoms with Gasteiger partial charge in [0.15, 0.2) is 29.1 Å². The van der Waals surface area contributed by atoms with Gasteiger partial charge in [-0.05, 0) is 208 Å². The summed E-state index contributed by atoms with van der Waals surface area (Å²) in [6.45, 7) is 25.7. The standard InChI is InChI=1S/C32H34N10.C31H34N10.C26H29N7O/c1-20-11-25(13-26-12-21(2)37-38-26)36-32(35-20)24-6-8-30(34-16-24)40-18-27-14-28(19-40)41(27)17-22-3-7-31(33-15-22)42-10-9-29(39-42)23-4-5-23;1-19-15-41(38-22(19)4)30-7-5-23(13-32-30)16-40-27-12-28(40)18-39(17-27)29-8-6-24(14-33-29)31-34-20(2)9-25(35-31)11-26-10-21(3)36-37-26;1-17-4-6-24(16-27-17)34-23-8-10-33(11-9-23)25-7-5-20(15-28-25)26-29-18(2)12-21(30-26)14-22-13-19(3)31-32-22/h3,6-12,15-16,23,27-28H,4-5,13-14,17-19H2,1-2H3,(H,37,38);5-10,13-15,27-28H,11-12,16-18H2,1-4H3,(H,36,37);4-7,12-13,15-16,23H,8-11,14H2,1-3H3,(H,31,32). The molecule has 1 aliphatic carbocycles. The van der Waals surface area contributed by atoms with Gasteiger partial charge >= 0.3 is 0 Å². The molecule has 594 valence electrons. The quantitative estimate of drug-likeness (QED) is 0.0602. The van der Waals surface area contributed by atoms with Crippen molar-refractivity contribution >= 4 is 17.5 Å². The van der Waals surface area contributed by atoms with E-state index in [9.17, 15) is 0 Å². The first kappa shape index (κ1) is 75.7. The van der Waals surface area contributed by atoms with E-state index in [1.807, 2.05) is 145 Å². The topological polar surface area (TPSA) is 302 Å². The van der Waals surface area contributed by atoms with Gasteiger partial charge < -0.3 is 19.4 Å². The molecule has 117 heavy (non-hydrogen) atoms. The molecule has 0 radical (unpaired) electrons. The van der Waals surface area contributed by atoms with Crippen molar-refractivity contribution < 1.29 is 4.74 Å². The van der Waals surface area contributed by atoms with E-state index >= 15 is 0 Å². The molecule has 0 spiro atoms. The Balaban J connectivity index is 0.000000122. The Bertz CT molecular complexity index is 5720. The van der Waals surface area contributed by atoms with Crippen LogP contribution >= 0.6 is 0 Å². The van der Waals surface area contributed by atoms with E-state index in [1.165, 1.54) is 48.1 Å². The predicted molar refractivity (Wildman–Crippen MR) is 447 cm³/mol. The number of hydrogen-bond acceptors (Lipinski definition) is 23. The number of H-pyrrole nitrogens is 3. The number of aryl methyl sites for hydroxylation is 9. The lowest BCUT2D eigenvalue weighted by Crippen LogP contribution is -2.68. The van der Waals surface area contributed by atoms with Crippen LogP contribution in [0.25, 0.3) is 45.8 Å². The molecule has 0 aromatic carbocycles. The lowest BCUT2D eigenvalue weighted by molar-refractivity contribution is -0.00877. The van der Waals surface area contributed by atoms with Gasteiger partial charge in [0.2, 0.25) is 0 Å². The molecule has 14 aromatic heterocycles. The summed E-state index contributed by atoms with van der Waals surface area (Å²) in [6.07, 6.45) is 24.7. The molecule has 28 nitrogen and oxygen atoms in total. The number of nitrogens with one attached hydrogen (secondary N) is 3. The highest BCUT2D eigenvalue weighted by Gasteiger charge is 2.46. The fourth-order valence-corrected chi connectivity index (χ4v) is 16.6. The Labute approximate surface area is 680 Å². The van der Waals surface area contributed by atoms with Gasteiger partial charge in [0.05, 0.1) is 51.7 Å². The zero-order valence-electron chi connectivity index (χ0n) is 67.7. The van der Waals surface area contributed by atoms with Gasteiger partial charge in [0.25, 0.3) is 0 Å². The van der Waals surface area contributed by atoms with Crippen molar-refractivity contribution in [1.82, 2.24) is 120 Å². The Kier molecular flexibility index (Phi) is 21.3. The maximum Gasteiger partial charge on any atom is 0.161 e. The van der Waals surface area contributed by atoms with Crippen LogP contribution in [0.1, 0.15) is 147 Å². The van der Waals surface area contributed by atoms with Crippen molar-refractivity contribution in [2.75, 3.05) is 54.0 Å². The normalized spacial score (nSPS) is 17.9. The molecule has 7 saturated heterocycles. The van der Waals surface area contributed by atoms with Gasteiger partial charge in [-0.2, -0.15) is 25.5 Å². The summed E-state index contributed by atoms with van der Waals surface area (Å²) in [4.78, 5) is 68.8. The zero-order valence-corrected chi connectivity index (χ0v) is 67.7. The largest absolute Gasteiger partial charge is 0.489 e. The SMILES string of the molecule is Cc1cc(Cc2cc(C)[nH]n2)nc(-c2ccc(N3CC4CC(C3)N4Cc3ccc(-n4cc(C)c(C)n4)nc3)nc2)n1.Cc1cc(Cc2cc(C)[nH]n2)nc(-c2ccc(N3CC4CC(C3)N4Cc3ccc(-n4ccc(C5CC5)n4)nc3)nc2)n1.Cc1ccc(OC2CCN(c3ccc(-c4nc(C)cc(Cc5cc(C)[nH]n5)n4)cn3)CC2)cn1. The minimum atomic E-state index is 0.206. The molecule has 4 atom stereocenters. The first-order chi connectivity index (χ1) is 56.9. The van der Waals surface area contributed by atoms with Crippen molar-refractivity contribution in [3.63, 3.8) is 0 Å². The summed E-state index contributed by atoms with van der Waals surface area (Å²) in [5.41, 5.74) is 21.4. The molecule has 7 aliphatic heterocycles. The summed E-state index contributed by atoms with van der Waals surface area (Å²) in [7, 11) is 0. The number of fused-ring (bicyclic) bond motifs is 4. The fraction of sp³-hybridized carbons (Fsp3) is 0.360. The molecule has 8 fully saturated rings. The number of rotatable bonds is 21. The molecule has 1 saturated carbocycles. The van der Waals surface area contributed by atoms with E-state index in [0.717, 1.165) is 196 Å². The lowest BCUT2D eigenvalue weighted by Gasteiger charge is -2.56. The van der Waals surface area contributed by atoms with Crippen molar-refractivity contribution in [2.24, 2.45) is 0 Å². The van der Waals surface area contributed by atoms with Crippen LogP contribution in [0.4, 0.5) is 17.5 Å². The number of piperazine rings is 2. The Hall–Kier alpha value is -12.7. The van der Waals surface area contributed by atoms with Crippen molar-refractivity contribution in [3.05, 3.63) is 267 Å². The Morgan fingerprint density at radius 2 is 0.821 bits per heavy atom. The monoisotopic (exact) mass is 1560 g/mol. The summed E-state index contributed by atoms with van der Waals surface area (Å²) < 4.78 is 9.86. The van der Waals surface area contributed by atoms with Gasteiger partial charge in [-0.25, -0.2) is 64.2 Å². The molecule has 22 rings (SSSR count). The van der Waals surface area contributed by atoms with E-state index in [-0.39, 0.29) is 6.10 Å². The molecular formula is C89H97N27O. The summed E-state index contributed by atoms with van der Waals surface area (Å²) >= 11 is 0. The minimum Gasteiger partial charge on any atom is -0.489 e. The number of ether oxygens (including phenoxy) is 1. The Morgan fingerprint density at radius 1 is 0.385 bits per heavy atom. The number of piperidine rings is 3. The Morgan fingerprint density at radius 3 is 1.20 bits per heavy atom. The minimum absolute atomic E-state index is 0.206. The van der Waals surface area contributed by atoms with E-state index < -0.39 is 0 Å². The number of pyridine rings is 6. The molecule has 4 unspecified atom stereocenters. The summed E-state index contributed by atoms with van der Waals surface area (Å²) in [5.74, 6) is 8.34. The first-order valence-electron chi connectivity index (χ1n) is 40.7. The van der Waals surface area contributed by atoms with Crippen LogP contribution in [0, 0.1) is 62.3 Å². The van der Waals surface area contributed by atoms with Gasteiger partial charge in [-0.3, -0.25) is 30.1 Å². The number of hydrogen-bond donors (Lipinski definition) is 3. The van der Waals surface area contributed by atoms with E-state index in [2.05, 4.69) is 171 Å². The van der Waals surface area contributed by atoms with Gasteiger partial charge in [0.1, 0.15) is 29.3 Å². The third kappa shape index (κ3) is 17.8. The molecule has 14 aromatic rings. The maximum absolute atomic E-state index is 6.11. The second kappa shape index (κ2) is 32.9. The molecule has 0 amide bonds. The lowest BCUT2D eigenvalue weighted by atomic mass is 9.87. The van der Waals surface area contributed by atoms with E-state index in [4.69, 9.17) is 44.7 Å². The number of aromatic nitrogens is 22. The van der Waals surface area contributed by atoms with E-state index in [1.54, 1.807) is 6.20 Å². The molecule has 3 N–H and O–H groups in total. The van der Waals surface area contributed by atoms with Crippen molar-refractivity contribution in [3.8, 4) is 51.5 Å². The number of anilines is 3. The van der Waals surface area contributed by atoms with Gasteiger partial charge in [0, 0.05) is 214 Å². The highest BCUT2D eigenvalue weighted by molar-refractivity contribution is 5.60. The average Bonchev–Trinajstić information content (AvgIpc) is 1.51. The van der Waals surface area contributed by atoms with Crippen LogP contribution in [0.2, 0.25) is 0 Å². The van der Waals surface area contributed by atoms with Gasteiger partial charge in [-0.1, -0.05) is 12.1 Å². The zero-order chi connectivity index (χ0) is 79.8. The first-order valence-corrected chi connectivity index (χ1v) is 40.7. The number of nitrogens with zero attached hydrogens (tertiary/aromatic N) is 24. The molecular weight excluding hydrogens is 1460 g/mol. The third-order valence-electron chi connectivity index (χ3n) is 23.0. The van der Waals surface area contributed by atoms with Gasteiger partial charge in [-0.15, -0.1) is 0 Å².